The lowest BCUT2D eigenvalue weighted by molar-refractivity contribution is -0.172. The van der Waals surface area contributed by atoms with Gasteiger partial charge in [0, 0.05) is 23.2 Å². The molecule has 5 nitrogen and oxygen atoms in total. The SMILES string of the molecule is C=C[C@]1(C)C[C@@H](OC(=O)CO)[C@@](C)([C@H]2CCCC2=O)[C@H](C)CC[C@@H](C)[C@@H]1O. The van der Waals surface area contributed by atoms with Crippen LogP contribution in [0.5, 0.6) is 0 Å². The molecular formula is C22H36O5. The summed E-state index contributed by atoms with van der Waals surface area (Å²) in [6.45, 7) is 11.4. The number of esters is 1. The lowest BCUT2D eigenvalue weighted by Gasteiger charge is -2.47. The smallest absolute Gasteiger partial charge is 0.332 e. The van der Waals surface area contributed by atoms with Gasteiger partial charge in [-0.05, 0) is 43.9 Å². The van der Waals surface area contributed by atoms with Crippen molar-refractivity contribution in [3.63, 3.8) is 0 Å². The monoisotopic (exact) mass is 380 g/mol. The average molecular weight is 381 g/mol. The van der Waals surface area contributed by atoms with E-state index in [1.54, 1.807) is 6.08 Å². The highest BCUT2D eigenvalue weighted by Crippen LogP contribution is 2.53. The molecule has 7 atom stereocenters. The summed E-state index contributed by atoms with van der Waals surface area (Å²) in [4.78, 5) is 24.8. The average Bonchev–Trinajstić information content (AvgIpc) is 3.09. The summed E-state index contributed by atoms with van der Waals surface area (Å²) in [7, 11) is 0. The molecule has 2 rings (SSSR count). The third kappa shape index (κ3) is 4.14. The van der Waals surface area contributed by atoms with E-state index in [1.807, 2.05) is 13.8 Å². The number of ketones is 1. The number of ether oxygens (including phenoxy) is 1. The minimum absolute atomic E-state index is 0.0753. The Morgan fingerprint density at radius 3 is 2.48 bits per heavy atom. The van der Waals surface area contributed by atoms with Crippen molar-refractivity contribution in [1.82, 2.24) is 0 Å². The van der Waals surface area contributed by atoms with E-state index in [0.29, 0.717) is 12.8 Å². The molecule has 2 aliphatic rings. The van der Waals surface area contributed by atoms with Crippen molar-refractivity contribution in [3.05, 3.63) is 12.7 Å². The Morgan fingerprint density at radius 2 is 1.96 bits per heavy atom. The second kappa shape index (κ2) is 8.44. The molecule has 2 fully saturated rings. The Bertz CT molecular complexity index is 573. The Morgan fingerprint density at radius 1 is 1.30 bits per heavy atom. The number of Topliss-reactive ketones (excluding diaryl/α,β-unsaturated/α-hetero) is 1. The summed E-state index contributed by atoms with van der Waals surface area (Å²) >= 11 is 0. The third-order valence-corrected chi connectivity index (χ3v) is 7.58. The van der Waals surface area contributed by atoms with Gasteiger partial charge in [-0.2, -0.15) is 0 Å². The fourth-order valence-electron chi connectivity index (χ4n) is 5.30. The van der Waals surface area contributed by atoms with E-state index in [2.05, 4.69) is 20.4 Å². The minimum Gasteiger partial charge on any atom is -0.460 e. The second-order valence-electron chi connectivity index (χ2n) is 9.23. The zero-order valence-corrected chi connectivity index (χ0v) is 17.2. The normalized spacial score (nSPS) is 43.5. The minimum atomic E-state index is -0.691. The van der Waals surface area contributed by atoms with Gasteiger partial charge in [0.25, 0.3) is 0 Å². The van der Waals surface area contributed by atoms with E-state index in [-0.39, 0.29) is 23.5 Å². The van der Waals surface area contributed by atoms with Crippen molar-refractivity contribution in [1.29, 1.82) is 0 Å². The van der Waals surface area contributed by atoms with Crippen molar-refractivity contribution in [2.45, 2.75) is 78.4 Å². The molecule has 0 unspecified atom stereocenters. The molecule has 0 saturated heterocycles. The molecule has 5 heteroatoms. The molecule has 154 valence electrons. The number of rotatable bonds is 4. The molecule has 2 N–H and O–H groups in total. The molecule has 0 bridgehead atoms. The zero-order valence-electron chi connectivity index (χ0n) is 17.2. The van der Waals surface area contributed by atoms with E-state index < -0.39 is 35.6 Å². The predicted molar refractivity (Wildman–Crippen MR) is 104 cm³/mol. The molecule has 0 spiro atoms. The molecule has 0 amide bonds. The first kappa shape index (κ1) is 22.1. The zero-order chi connectivity index (χ0) is 20.4. The van der Waals surface area contributed by atoms with E-state index in [1.165, 1.54) is 0 Å². The van der Waals surface area contributed by atoms with Gasteiger partial charge in [0.15, 0.2) is 0 Å². The van der Waals surface area contributed by atoms with E-state index in [4.69, 9.17) is 4.74 Å². The topological polar surface area (TPSA) is 83.8 Å². The summed E-state index contributed by atoms with van der Waals surface area (Å²) < 4.78 is 5.76. The summed E-state index contributed by atoms with van der Waals surface area (Å²) in [5.41, 5.74) is -1.18. The van der Waals surface area contributed by atoms with Crippen LogP contribution in [0.4, 0.5) is 0 Å². The number of carbonyl (C=O) groups is 2. The maximum absolute atomic E-state index is 12.7. The molecule has 27 heavy (non-hydrogen) atoms. The first-order valence-corrected chi connectivity index (χ1v) is 10.2. The Hall–Kier alpha value is -1.20. The molecule has 0 radical (unpaired) electrons. The van der Waals surface area contributed by atoms with Crippen LogP contribution in [-0.4, -0.2) is 40.8 Å². The van der Waals surface area contributed by atoms with Crippen LogP contribution in [0.15, 0.2) is 12.7 Å². The molecule has 0 heterocycles. The quantitative estimate of drug-likeness (QED) is 0.578. The second-order valence-corrected chi connectivity index (χ2v) is 9.23. The number of aliphatic hydroxyl groups excluding tert-OH is 2. The van der Waals surface area contributed by atoms with E-state index in [9.17, 15) is 19.8 Å². The van der Waals surface area contributed by atoms with Crippen LogP contribution in [0.2, 0.25) is 0 Å². The number of carbonyl (C=O) groups excluding carboxylic acids is 2. The first-order valence-electron chi connectivity index (χ1n) is 10.2. The summed E-state index contributed by atoms with van der Waals surface area (Å²) in [6, 6.07) is 0. The van der Waals surface area contributed by atoms with Gasteiger partial charge in [-0.25, -0.2) is 4.79 Å². The Labute approximate surface area is 163 Å². The maximum atomic E-state index is 12.7. The van der Waals surface area contributed by atoms with Gasteiger partial charge in [-0.15, -0.1) is 6.58 Å². The van der Waals surface area contributed by atoms with Crippen molar-refractivity contribution in [2.75, 3.05) is 6.61 Å². The van der Waals surface area contributed by atoms with Crippen molar-refractivity contribution in [3.8, 4) is 0 Å². The molecule has 2 saturated carbocycles. The van der Waals surface area contributed by atoms with Crippen molar-refractivity contribution < 1.29 is 24.5 Å². The Balaban J connectivity index is 2.55. The fraction of sp³-hybridized carbons (Fsp3) is 0.818. The lowest BCUT2D eigenvalue weighted by atomic mass is 9.60. The van der Waals surface area contributed by atoms with Crippen LogP contribution < -0.4 is 0 Å². The highest BCUT2D eigenvalue weighted by Gasteiger charge is 2.54. The van der Waals surface area contributed by atoms with Crippen LogP contribution in [0.1, 0.15) is 66.2 Å². The van der Waals surface area contributed by atoms with Gasteiger partial charge in [0.05, 0.1) is 6.10 Å². The van der Waals surface area contributed by atoms with Gasteiger partial charge in [-0.1, -0.05) is 33.8 Å². The number of aliphatic hydroxyl groups is 2. The summed E-state index contributed by atoms with van der Waals surface area (Å²) in [6.07, 6.45) is 4.88. The summed E-state index contributed by atoms with van der Waals surface area (Å²) in [5, 5.41) is 20.3. The van der Waals surface area contributed by atoms with Gasteiger partial charge in [0.1, 0.15) is 18.5 Å². The van der Waals surface area contributed by atoms with Crippen LogP contribution in [0, 0.1) is 28.6 Å². The number of hydrogen-bond acceptors (Lipinski definition) is 5. The van der Waals surface area contributed by atoms with Gasteiger partial charge in [-0.3, -0.25) is 4.79 Å². The van der Waals surface area contributed by atoms with Gasteiger partial charge >= 0.3 is 5.97 Å². The van der Waals surface area contributed by atoms with Gasteiger partial charge in [0.2, 0.25) is 0 Å². The standard InChI is InChI=1S/C22H36O5/c1-6-21(4)12-18(27-19(25)13-23)22(5,16-8-7-9-17(16)24)15(3)11-10-14(2)20(21)26/h6,14-16,18,20,23,26H,1,7-13H2,2-5H3/t14-,15-,16+,18-,20+,21-,22-/m1/s1. The Kier molecular flexibility index (Phi) is 6.91. The van der Waals surface area contributed by atoms with Crippen LogP contribution in [-0.2, 0) is 14.3 Å². The largest absolute Gasteiger partial charge is 0.460 e. The van der Waals surface area contributed by atoms with Crippen molar-refractivity contribution >= 4 is 11.8 Å². The highest BCUT2D eigenvalue weighted by atomic mass is 16.6. The molecule has 0 aromatic rings. The van der Waals surface area contributed by atoms with Crippen LogP contribution in [0.25, 0.3) is 0 Å². The van der Waals surface area contributed by atoms with Crippen molar-refractivity contribution in [2.24, 2.45) is 28.6 Å². The molecular weight excluding hydrogens is 344 g/mol. The van der Waals surface area contributed by atoms with Gasteiger partial charge < -0.3 is 14.9 Å². The summed E-state index contributed by atoms with van der Waals surface area (Å²) in [5.74, 6) is -0.391. The molecule has 0 aliphatic heterocycles. The fourth-order valence-corrected chi connectivity index (χ4v) is 5.30. The predicted octanol–water partition coefficient (Wildman–Crippen LogP) is 3.28. The van der Waals surface area contributed by atoms with Crippen LogP contribution in [0.3, 0.4) is 0 Å². The third-order valence-electron chi connectivity index (χ3n) is 7.58. The molecule has 2 aliphatic carbocycles. The number of hydrogen-bond donors (Lipinski definition) is 2. The molecule has 0 aromatic carbocycles. The molecule has 0 aromatic heterocycles. The maximum Gasteiger partial charge on any atom is 0.332 e. The highest BCUT2D eigenvalue weighted by molar-refractivity contribution is 5.84. The van der Waals surface area contributed by atoms with E-state index in [0.717, 1.165) is 25.7 Å². The first-order chi connectivity index (χ1) is 12.6. The van der Waals surface area contributed by atoms with E-state index >= 15 is 0 Å². The lowest BCUT2D eigenvalue weighted by Crippen LogP contribution is -2.50. The van der Waals surface area contributed by atoms with Crippen LogP contribution >= 0.6 is 0 Å².